The van der Waals surface area contributed by atoms with Crippen LogP contribution in [0.15, 0.2) is 12.1 Å². The Bertz CT molecular complexity index is 443. The molecule has 0 N–H and O–H groups in total. The minimum absolute atomic E-state index is 0.721. The summed E-state index contributed by atoms with van der Waals surface area (Å²) in [4.78, 5) is 4.99. The zero-order valence-electron chi connectivity index (χ0n) is 12.5. The van der Waals surface area contributed by atoms with E-state index < -0.39 is 0 Å². The third-order valence-electron chi connectivity index (χ3n) is 4.22. The zero-order valence-corrected chi connectivity index (χ0v) is 14.7. The van der Waals surface area contributed by atoms with Crippen molar-refractivity contribution in [1.82, 2.24) is 9.80 Å². The summed E-state index contributed by atoms with van der Waals surface area (Å²) in [7, 11) is 4.41. The van der Waals surface area contributed by atoms with Crippen LogP contribution in [0.1, 0.15) is 29.5 Å². The summed E-state index contributed by atoms with van der Waals surface area (Å²) in [6.45, 7) is 8.01. The van der Waals surface area contributed by atoms with E-state index >= 15 is 0 Å². The quantitative estimate of drug-likeness (QED) is 0.751. The lowest BCUT2D eigenvalue weighted by Crippen LogP contribution is -2.44. The molecule has 0 amide bonds. The maximum absolute atomic E-state index is 2.61. The summed E-state index contributed by atoms with van der Waals surface area (Å²) < 4.78 is 1.38. The van der Waals surface area contributed by atoms with Crippen LogP contribution < -0.4 is 0 Å². The molecule has 0 bridgehead atoms. The van der Waals surface area contributed by atoms with Gasteiger partial charge in [0.05, 0.1) is 0 Å². The van der Waals surface area contributed by atoms with Gasteiger partial charge < -0.3 is 4.90 Å². The number of rotatable bonds is 3. The minimum Gasteiger partial charge on any atom is -0.305 e. The first kappa shape index (κ1) is 15.3. The summed E-state index contributed by atoms with van der Waals surface area (Å²) in [5, 5.41) is 0. The van der Waals surface area contributed by atoms with E-state index in [1.54, 1.807) is 0 Å². The molecule has 2 rings (SSSR count). The number of hydrogen-bond acceptors (Lipinski definition) is 2. The van der Waals surface area contributed by atoms with Gasteiger partial charge >= 0.3 is 0 Å². The molecule has 2 nitrogen and oxygen atoms in total. The summed E-state index contributed by atoms with van der Waals surface area (Å²) in [5.41, 5.74) is 4.33. The first-order chi connectivity index (χ1) is 8.97. The van der Waals surface area contributed by atoms with Crippen molar-refractivity contribution in [2.45, 2.75) is 39.3 Å². The molecule has 0 saturated carbocycles. The summed E-state index contributed by atoms with van der Waals surface area (Å²) in [6.07, 6.45) is 2.67. The van der Waals surface area contributed by atoms with Crippen molar-refractivity contribution < 1.29 is 0 Å². The van der Waals surface area contributed by atoms with Crippen molar-refractivity contribution in [2.75, 3.05) is 27.2 Å². The highest BCUT2D eigenvalue weighted by molar-refractivity contribution is 14.1. The largest absolute Gasteiger partial charge is 0.305 e. The molecule has 106 valence electrons. The number of benzene rings is 1. The molecule has 1 aromatic rings. The van der Waals surface area contributed by atoms with Gasteiger partial charge in [0.1, 0.15) is 0 Å². The van der Waals surface area contributed by atoms with Gasteiger partial charge in [-0.15, -0.1) is 0 Å². The Morgan fingerprint density at radius 2 is 2.00 bits per heavy atom. The molecule has 0 spiro atoms. The molecule has 1 unspecified atom stereocenters. The fraction of sp³-hybridized carbons (Fsp3) is 0.625. The minimum atomic E-state index is 0.721. The van der Waals surface area contributed by atoms with Crippen LogP contribution in [0.4, 0.5) is 0 Å². The maximum atomic E-state index is 2.61. The predicted molar refractivity (Wildman–Crippen MR) is 90.6 cm³/mol. The van der Waals surface area contributed by atoms with Crippen LogP contribution in [0.2, 0.25) is 0 Å². The van der Waals surface area contributed by atoms with Crippen LogP contribution in [0.25, 0.3) is 0 Å². The van der Waals surface area contributed by atoms with Gasteiger partial charge in [0, 0.05) is 22.7 Å². The molecule has 19 heavy (non-hydrogen) atoms. The molecular weight excluding hydrogens is 347 g/mol. The lowest BCUT2D eigenvalue weighted by atomic mass is 10.0. The number of nitrogens with zero attached hydrogens (tertiary/aromatic N) is 2. The van der Waals surface area contributed by atoms with E-state index in [0.717, 1.165) is 12.6 Å². The first-order valence-corrected chi connectivity index (χ1v) is 8.19. The molecule has 1 aliphatic rings. The van der Waals surface area contributed by atoms with E-state index in [-0.39, 0.29) is 0 Å². The fourth-order valence-electron chi connectivity index (χ4n) is 2.85. The van der Waals surface area contributed by atoms with Gasteiger partial charge in [-0.2, -0.15) is 0 Å². The van der Waals surface area contributed by atoms with E-state index in [1.165, 1.54) is 46.2 Å². The monoisotopic (exact) mass is 372 g/mol. The standard InChI is InChI=1S/C16H25IN2/c1-12-9-16(17)13(2)8-14(12)10-19-7-5-6-15(11-19)18(3)4/h8-9,15H,5-7,10-11H2,1-4H3. The number of aryl methyl sites for hydroxylation is 2. The Balaban J connectivity index is 2.06. The lowest BCUT2D eigenvalue weighted by Gasteiger charge is -2.36. The van der Waals surface area contributed by atoms with Gasteiger partial charge in [-0.25, -0.2) is 0 Å². The number of likely N-dealkylation sites (N-methyl/N-ethyl adjacent to an activating group) is 1. The van der Waals surface area contributed by atoms with Crippen LogP contribution in [0.3, 0.4) is 0 Å². The molecule has 1 saturated heterocycles. The smallest absolute Gasteiger partial charge is 0.0237 e. The van der Waals surface area contributed by atoms with Gasteiger partial charge in [-0.3, -0.25) is 4.90 Å². The Kier molecular flexibility index (Phi) is 5.26. The van der Waals surface area contributed by atoms with Gasteiger partial charge in [0.15, 0.2) is 0 Å². The molecule has 3 heteroatoms. The average Bonchev–Trinajstić information content (AvgIpc) is 2.36. The first-order valence-electron chi connectivity index (χ1n) is 7.12. The van der Waals surface area contributed by atoms with Crippen LogP contribution in [0.5, 0.6) is 0 Å². The molecule has 1 aromatic carbocycles. The van der Waals surface area contributed by atoms with E-state index in [9.17, 15) is 0 Å². The van der Waals surface area contributed by atoms with Crippen molar-refractivity contribution in [3.63, 3.8) is 0 Å². The van der Waals surface area contributed by atoms with Crippen LogP contribution in [-0.2, 0) is 6.54 Å². The van der Waals surface area contributed by atoms with E-state index in [2.05, 4.69) is 72.5 Å². The summed E-state index contributed by atoms with van der Waals surface area (Å²) >= 11 is 2.43. The number of piperidine rings is 1. The van der Waals surface area contributed by atoms with Gasteiger partial charge in [-0.05, 0) is 92.7 Å². The molecule has 1 aliphatic heterocycles. The van der Waals surface area contributed by atoms with Crippen molar-refractivity contribution in [3.8, 4) is 0 Å². The highest BCUT2D eigenvalue weighted by atomic mass is 127. The van der Waals surface area contributed by atoms with E-state index in [0.29, 0.717) is 0 Å². The van der Waals surface area contributed by atoms with Gasteiger partial charge in [0.25, 0.3) is 0 Å². The van der Waals surface area contributed by atoms with Crippen LogP contribution in [-0.4, -0.2) is 43.0 Å². The molecule has 1 heterocycles. The normalized spacial score (nSPS) is 21.1. The van der Waals surface area contributed by atoms with Crippen LogP contribution >= 0.6 is 22.6 Å². The highest BCUT2D eigenvalue weighted by Gasteiger charge is 2.21. The second-order valence-corrected chi connectivity index (χ2v) is 7.18. The third-order valence-corrected chi connectivity index (χ3v) is 5.38. The maximum Gasteiger partial charge on any atom is 0.0237 e. The Hall–Kier alpha value is -0.130. The Morgan fingerprint density at radius 1 is 1.26 bits per heavy atom. The van der Waals surface area contributed by atoms with Gasteiger partial charge in [0.2, 0.25) is 0 Å². The number of hydrogen-bond donors (Lipinski definition) is 0. The second kappa shape index (κ2) is 6.55. The van der Waals surface area contributed by atoms with Gasteiger partial charge in [-0.1, -0.05) is 6.07 Å². The molecule has 0 radical (unpaired) electrons. The summed E-state index contributed by atoms with van der Waals surface area (Å²) in [6, 6.07) is 5.41. The Labute approximate surface area is 131 Å². The highest BCUT2D eigenvalue weighted by Crippen LogP contribution is 2.21. The van der Waals surface area contributed by atoms with Crippen molar-refractivity contribution in [2.24, 2.45) is 0 Å². The zero-order chi connectivity index (χ0) is 14.0. The number of likely N-dealkylation sites (tertiary alicyclic amines) is 1. The molecule has 0 aromatic heterocycles. The van der Waals surface area contributed by atoms with Crippen molar-refractivity contribution >= 4 is 22.6 Å². The summed E-state index contributed by atoms with van der Waals surface area (Å²) in [5.74, 6) is 0. The van der Waals surface area contributed by atoms with E-state index in [4.69, 9.17) is 0 Å². The van der Waals surface area contributed by atoms with E-state index in [1.807, 2.05) is 0 Å². The Morgan fingerprint density at radius 3 is 2.68 bits per heavy atom. The average molecular weight is 372 g/mol. The molecule has 1 atom stereocenters. The van der Waals surface area contributed by atoms with Crippen molar-refractivity contribution in [3.05, 3.63) is 32.4 Å². The predicted octanol–water partition coefficient (Wildman–Crippen LogP) is 3.43. The SMILES string of the molecule is Cc1cc(CN2CCCC(N(C)C)C2)c(C)cc1I. The third kappa shape index (κ3) is 3.92. The molecule has 0 aliphatic carbocycles. The fourth-order valence-corrected chi connectivity index (χ4v) is 3.47. The molecule has 1 fully saturated rings. The van der Waals surface area contributed by atoms with Crippen molar-refractivity contribution in [1.29, 1.82) is 0 Å². The topological polar surface area (TPSA) is 6.48 Å². The number of halogens is 1. The second-order valence-electron chi connectivity index (χ2n) is 6.02. The lowest BCUT2D eigenvalue weighted by molar-refractivity contribution is 0.128. The molecular formula is C16H25IN2. The van der Waals surface area contributed by atoms with Crippen LogP contribution in [0, 0.1) is 17.4 Å².